The van der Waals surface area contributed by atoms with E-state index in [2.05, 4.69) is 29.4 Å². The van der Waals surface area contributed by atoms with Gasteiger partial charge in [0.05, 0.1) is 13.2 Å². The first-order valence-corrected chi connectivity index (χ1v) is 10.6. The zero-order chi connectivity index (χ0) is 20.4. The van der Waals surface area contributed by atoms with Gasteiger partial charge < -0.3 is 19.9 Å². The van der Waals surface area contributed by atoms with Gasteiger partial charge in [-0.05, 0) is 41.4 Å². The van der Waals surface area contributed by atoms with E-state index in [9.17, 15) is 4.79 Å². The molecule has 1 fully saturated rings. The molecule has 154 valence electrons. The second kappa shape index (κ2) is 8.92. The van der Waals surface area contributed by atoms with Crippen LogP contribution in [0.4, 0.5) is 4.79 Å². The zero-order valence-corrected chi connectivity index (χ0v) is 18.0. The van der Waals surface area contributed by atoms with Crippen LogP contribution in [0.1, 0.15) is 28.2 Å². The molecule has 0 radical (unpaired) electrons. The molecule has 2 aromatic carbocycles. The second-order valence-corrected chi connectivity index (χ2v) is 8.55. The molecule has 1 saturated heterocycles. The number of urea groups is 1. The van der Waals surface area contributed by atoms with Crippen molar-refractivity contribution in [1.29, 1.82) is 0 Å². The number of carbonyl (C=O) groups excluding carboxylic acids is 1. The Hall–Kier alpha value is -1.79. The van der Waals surface area contributed by atoms with E-state index < -0.39 is 0 Å². The molecule has 0 aliphatic carbocycles. The average molecular weight is 434 g/mol. The first kappa shape index (κ1) is 20.5. The van der Waals surface area contributed by atoms with E-state index in [1.54, 1.807) is 4.90 Å². The lowest BCUT2D eigenvalue weighted by Gasteiger charge is -2.33. The van der Waals surface area contributed by atoms with Gasteiger partial charge in [0, 0.05) is 48.7 Å². The van der Waals surface area contributed by atoms with Gasteiger partial charge in [-0.2, -0.15) is 0 Å². The van der Waals surface area contributed by atoms with Crippen LogP contribution >= 0.6 is 23.2 Å². The van der Waals surface area contributed by atoms with Crippen molar-refractivity contribution in [2.45, 2.75) is 19.0 Å². The third kappa shape index (κ3) is 4.69. The van der Waals surface area contributed by atoms with Crippen LogP contribution in [0.2, 0.25) is 10.0 Å². The van der Waals surface area contributed by atoms with E-state index in [-0.39, 0.29) is 11.9 Å². The lowest BCUT2D eigenvalue weighted by atomic mass is 9.84. The highest BCUT2D eigenvalue weighted by Crippen LogP contribution is 2.38. The van der Waals surface area contributed by atoms with E-state index in [1.807, 2.05) is 24.3 Å². The number of likely N-dealkylation sites (N-methyl/N-ethyl adjacent to an activating group) is 1. The summed E-state index contributed by atoms with van der Waals surface area (Å²) >= 11 is 12.8. The molecule has 29 heavy (non-hydrogen) atoms. The Morgan fingerprint density at radius 2 is 2.00 bits per heavy atom. The molecule has 1 N–H and O–H groups in total. The first-order chi connectivity index (χ1) is 14.0. The summed E-state index contributed by atoms with van der Waals surface area (Å²) in [6, 6.07) is 12.2. The lowest BCUT2D eigenvalue weighted by Crippen LogP contribution is -2.45. The number of amides is 2. The van der Waals surface area contributed by atoms with E-state index in [4.69, 9.17) is 27.9 Å². The molecule has 1 unspecified atom stereocenters. The molecular weight excluding hydrogens is 409 g/mol. The maximum Gasteiger partial charge on any atom is 0.317 e. The fraction of sp³-hybridized carbons (Fsp3) is 0.409. The number of rotatable bonds is 3. The maximum absolute atomic E-state index is 12.4. The van der Waals surface area contributed by atoms with Crippen LogP contribution < -0.4 is 5.32 Å². The molecule has 2 heterocycles. The zero-order valence-electron chi connectivity index (χ0n) is 16.5. The van der Waals surface area contributed by atoms with Crippen molar-refractivity contribution in [3.05, 3.63) is 68.7 Å². The molecule has 7 heteroatoms. The monoisotopic (exact) mass is 433 g/mol. The van der Waals surface area contributed by atoms with Crippen LogP contribution in [0.25, 0.3) is 0 Å². The highest BCUT2D eigenvalue weighted by Gasteiger charge is 2.27. The molecule has 2 aliphatic rings. The molecule has 0 aromatic heterocycles. The number of ether oxygens (including phenoxy) is 1. The molecule has 5 nitrogen and oxygen atoms in total. The lowest BCUT2D eigenvalue weighted by molar-refractivity contribution is 0.0531. The molecule has 2 aromatic rings. The fourth-order valence-corrected chi connectivity index (χ4v) is 4.68. The van der Waals surface area contributed by atoms with Gasteiger partial charge in [0.1, 0.15) is 0 Å². The summed E-state index contributed by atoms with van der Waals surface area (Å²) in [5, 5.41) is 4.41. The first-order valence-electron chi connectivity index (χ1n) is 9.87. The minimum absolute atomic E-state index is 0.0417. The summed E-state index contributed by atoms with van der Waals surface area (Å²) < 4.78 is 5.31. The number of halogens is 2. The third-order valence-corrected chi connectivity index (χ3v) is 6.14. The highest BCUT2D eigenvalue weighted by atomic mass is 35.5. The summed E-state index contributed by atoms with van der Waals surface area (Å²) in [5.74, 6) is 0.190. The topological polar surface area (TPSA) is 44.8 Å². The van der Waals surface area contributed by atoms with Crippen molar-refractivity contribution in [3.63, 3.8) is 0 Å². The largest absolute Gasteiger partial charge is 0.378 e. The van der Waals surface area contributed by atoms with Crippen molar-refractivity contribution in [2.24, 2.45) is 0 Å². The number of hydrogen-bond acceptors (Lipinski definition) is 3. The Morgan fingerprint density at radius 3 is 2.79 bits per heavy atom. The Bertz CT molecular complexity index is 900. The third-order valence-electron chi connectivity index (χ3n) is 5.59. The van der Waals surface area contributed by atoms with Crippen LogP contribution in [-0.2, 0) is 17.8 Å². The predicted octanol–water partition coefficient (Wildman–Crippen LogP) is 4.11. The number of morpholine rings is 1. The van der Waals surface area contributed by atoms with E-state index in [0.717, 1.165) is 29.2 Å². The molecule has 2 aliphatic heterocycles. The van der Waals surface area contributed by atoms with Crippen molar-refractivity contribution >= 4 is 29.2 Å². The van der Waals surface area contributed by atoms with Gasteiger partial charge in [-0.15, -0.1) is 0 Å². The smallest absolute Gasteiger partial charge is 0.317 e. The van der Waals surface area contributed by atoms with Gasteiger partial charge in [0.2, 0.25) is 0 Å². The van der Waals surface area contributed by atoms with Gasteiger partial charge in [-0.1, -0.05) is 47.5 Å². The van der Waals surface area contributed by atoms with Crippen molar-refractivity contribution < 1.29 is 9.53 Å². The Labute approximate surface area is 181 Å². The van der Waals surface area contributed by atoms with E-state index in [1.165, 1.54) is 11.1 Å². The number of fused-ring (bicyclic) bond motifs is 1. The number of benzene rings is 2. The summed E-state index contributed by atoms with van der Waals surface area (Å²) in [4.78, 5) is 16.4. The van der Waals surface area contributed by atoms with Gasteiger partial charge in [-0.3, -0.25) is 0 Å². The maximum atomic E-state index is 12.4. The summed E-state index contributed by atoms with van der Waals surface area (Å²) in [6.07, 6.45) is 0. The van der Waals surface area contributed by atoms with Crippen LogP contribution in [-0.4, -0.2) is 55.7 Å². The predicted molar refractivity (Wildman–Crippen MR) is 116 cm³/mol. The van der Waals surface area contributed by atoms with Gasteiger partial charge in [-0.25, -0.2) is 4.79 Å². The average Bonchev–Trinajstić information content (AvgIpc) is 2.73. The van der Waals surface area contributed by atoms with E-state index in [0.29, 0.717) is 37.9 Å². The SMILES string of the molecule is CN1Cc2c(Cl)cc(Cl)cc2C(c2cccc(CNC(=O)N3CCOCC3)c2)C1. The Morgan fingerprint density at radius 1 is 1.21 bits per heavy atom. The normalized spacial score (nSPS) is 19.7. The summed E-state index contributed by atoms with van der Waals surface area (Å²) in [5.41, 5.74) is 4.61. The minimum atomic E-state index is -0.0417. The van der Waals surface area contributed by atoms with Crippen molar-refractivity contribution in [1.82, 2.24) is 15.1 Å². The second-order valence-electron chi connectivity index (χ2n) is 7.71. The quantitative estimate of drug-likeness (QED) is 0.791. The highest BCUT2D eigenvalue weighted by molar-refractivity contribution is 6.35. The fourth-order valence-electron chi connectivity index (χ4n) is 4.11. The molecule has 0 saturated carbocycles. The summed E-state index contributed by atoms with van der Waals surface area (Å²) in [6.45, 7) is 4.68. The molecule has 0 bridgehead atoms. The number of nitrogens with zero attached hydrogens (tertiary/aromatic N) is 2. The molecule has 4 rings (SSSR count). The van der Waals surface area contributed by atoms with Crippen LogP contribution in [0, 0.1) is 0 Å². The number of nitrogens with one attached hydrogen (secondary N) is 1. The molecule has 1 atom stereocenters. The Balaban J connectivity index is 1.52. The Kier molecular flexibility index (Phi) is 6.30. The van der Waals surface area contributed by atoms with Crippen molar-refractivity contribution in [2.75, 3.05) is 39.9 Å². The van der Waals surface area contributed by atoms with Crippen molar-refractivity contribution in [3.8, 4) is 0 Å². The molecule has 2 amide bonds. The standard InChI is InChI=1S/C22H25Cl2N3O2/c1-26-13-19(18-10-17(23)11-21(24)20(18)14-26)16-4-2-3-15(9-16)12-25-22(28)27-5-7-29-8-6-27/h2-4,9-11,19H,5-8,12-14H2,1H3,(H,25,28). The minimum Gasteiger partial charge on any atom is -0.378 e. The van der Waals surface area contributed by atoms with Gasteiger partial charge >= 0.3 is 6.03 Å². The molecular formula is C22H25Cl2N3O2. The van der Waals surface area contributed by atoms with Crippen LogP contribution in [0.5, 0.6) is 0 Å². The van der Waals surface area contributed by atoms with Crippen LogP contribution in [0.3, 0.4) is 0 Å². The van der Waals surface area contributed by atoms with Crippen LogP contribution in [0.15, 0.2) is 36.4 Å². The number of carbonyl (C=O) groups is 1. The van der Waals surface area contributed by atoms with E-state index >= 15 is 0 Å². The number of hydrogen-bond donors (Lipinski definition) is 1. The van der Waals surface area contributed by atoms with Gasteiger partial charge in [0.25, 0.3) is 0 Å². The molecule has 0 spiro atoms. The summed E-state index contributed by atoms with van der Waals surface area (Å²) in [7, 11) is 2.10. The van der Waals surface area contributed by atoms with Gasteiger partial charge in [0.15, 0.2) is 0 Å².